The van der Waals surface area contributed by atoms with Crippen LogP contribution in [0, 0.1) is 0 Å². The summed E-state index contributed by atoms with van der Waals surface area (Å²) in [6, 6.07) is 28.5. The van der Waals surface area contributed by atoms with E-state index in [1.807, 2.05) is 55.7 Å². The van der Waals surface area contributed by atoms with E-state index in [-0.39, 0.29) is 0 Å². The van der Waals surface area contributed by atoms with Crippen molar-refractivity contribution in [1.82, 2.24) is 15.0 Å². The van der Waals surface area contributed by atoms with E-state index < -0.39 is 0 Å². The summed E-state index contributed by atoms with van der Waals surface area (Å²) in [5, 5.41) is 0.731. The van der Waals surface area contributed by atoms with E-state index in [4.69, 9.17) is 16.6 Å². The number of pyridine rings is 1. The van der Waals surface area contributed by atoms with Crippen LogP contribution in [0.1, 0.15) is 5.56 Å². The molecule has 0 radical (unpaired) electrons. The molecule has 4 nitrogen and oxygen atoms in total. The van der Waals surface area contributed by atoms with Crippen LogP contribution in [0.3, 0.4) is 0 Å². The van der Waals surface area contributed by atoms with Gasteiger partial charge in [0.15, 0.2) is 0 Å². The fourth-order valence-corrected chi connectivity index (χ4v) is 3.77. The van der Waals surface area contributed by atoms with Gasteiger partial charge in [-0.15, -0.1) is 0 Å². The highest BCUT2D eigenvalue weighted by Gasteiger charge is 2.10. The number of imidazole rings is 1. The normalized spacial score (nSPS) is 11.0. The summed E-state index contributed by atoms with van der Waals surface area (Å²) >= 11 is 5.99. The highest BCUT2D eigenvalue weighted by molar-refractivity contribution is 6.30. The smallest absolute Gasteiger partial charge is 0.203 e. The van der Waals surface area contributed by atoms with Gasteiger partial charge in [-0.3, -0.25) is 4.98 Å². The first-order chi connectivity index (χ1) is 15.2. The van der Waals surface area contributed by atoms with Crippen molar-refractivity contribution in [3.63, 3.8) is 0 Å². The molecule has 0 unspecified atom stereocenters. The van der Waals surface area contributed by atoms with Gasteiger partial charge in [-0.05, 0) is 41.5 Å². The highest BCUT2D eigenvalue weighted by Crippen LogP contribution is 2.27. The molecule has 0 bridgehead atoms. The third-order valence-electron chi connectivity index (χ3n) is 5.33. The van der Waals surface area contributed by atoms with Crippen LogP contribution in [0.4, 0.5) is 5.95 Å². The summed E-state index contributed by atoms with van der Waals surface area (Å²) < 4.78 is 0. The molecule has 0 aliphatic rings. The number of anilines is 1. The molecular formula is C26H21ClN4. The van der Waals surface area contributed by atoms with Gasteiger partial charge in [0.1, 0.15) is 0 Å². The minimum Gasteiger partial charge on any atom is -0.341 e. The predicted octanol–water partition coefficient (Wildman–Crippen LogP) is 6.58. The second-order valence-electron chi connectivity index (χ2n) is 7.57. The zero-order chi connectivity index (χ0) is 21.2. The standard InChI is InChI=1S/C26H21ClN4/c1-31(17-18-5-3-2-4-6-18)26-29-24-14-9-20(15-25(24)30-26)23-13-10-21(16-28-23)19-7-11-22(27)12-8-19/h2-16H,17H2,1H3,(H,29,30). The summed E-state index contributed by atoms with van der Waals surface area (Å²) in [6.45, 7) is 0.793. The molecule has 31 heavy (non-hydrogen) atoms. The Kier molecular flexibility index (Phi) is 5.14. The van der Waals surface area contributed by atoms with Gasteiger partial charge in [-0.1, -0.05) is 66.2 Å². The molecule has 0 aliphatic carbocycles. The molecule has 3 aromatic carbocycles. The van der Waals surface area contributed by atoms with Crippen molar-refractivity contribution in [2.75, 3.05) is 11.9 Å². The third-order valence-corrected chi connectivity index (χ3v) is 5.58. The van der Waals surface area contributed by atoms with Crippen LogP contribution in [0.2, 0.25) is 5.02 Å². The predicted molar refractivity (Wildman–Crippen MR) is 128 cm³/mol. The van der Waals surface area contributed by atoms with Crippen molar-refractivity contribution in [2.45, 2.75) is 6.54 Å². The van der Waals surface area contributed by atoms with Crippen LogP contribution < -0.4 is 4.90 Å². The van der Waals surface area contributed by atoms with Crippen molar-refractivity contribution in [3.8, 4) is 22.4 Å². The summed E-state index contributed by atoms with van der Waals surface area (Å²) in [7, 11) is 2.04. The van der Waals surface area contributed by atoms with Gasteiger partial charge in [0.25, 0.3) is 0 Å². The number of aromatic amines is 1. The van der Waals surface area contributed by atoms with Gasteiger partial charge in [0.05, 0.1) is 16.7 Å². The lowest BCUT2D eigenvalue weighted by Crippen LogP contribution is -2.17. The van der Waals surface area contributed by atoms with Crippen molar-refractivity contribution in [2.24, 2.45) is 0 Å². The Morgan fingerprint density at radius 1 is 0.839 bits per heavy atom. The Bertz CT molecular complexity index is 1310. The lowest BCUT2D eigenvalue weighted by atomic mass is 10.1. The molecule has 0 atom stereocenters. The summed E-state index contributed by atoms with van der Waals surface area (Å²) in [5.41, 5.74) is 7.32. The molecule has 1 N–H and O–H groups in total. The monoisotopic (exact) mass is 424 g/mol. The Labute approximate surface area is 186 Å². The molecule has 0 saturated carbocycles. The van der Waals surface area contributed by atoms with E-state index in [9.17, 15) is 0 Å². The number of hydrogen-bond donors (Lipinski definition) is 1. The van der Waals surface area contributed by atoms with Crippen LogP contribution in [0.25, 0.3) is 33.4 Å². The first kappa shape index (κ1) is 19.3. The van der Waals surface area contributed by atoms with Crippen LogP contribution >= 0.6 is 11.6 Å². The molecule has 0 amide bonds. The molecule has 2 aromatic heterocycles. The van der Waals surface area contributed by atoms with Crippen molar-refractivity contribution < 1.29 is 0 Å². The lowest BCUT2D eigenvalue weighted by Gasteiger charge is -2.15. The van der Waals surface area contributed by atoms with Crippen molar-refractivity contribution in [3.05, 3.63) is 102 Å². The minimum absolute atomic E-state index is 0.731. The molecule has 5 heteroatoms. The molecule has 0 fully saturated rings. The minimum atomic E-state index is 0.731. The quantitative estimate of drug-likeness (QED) is 0.346. The average molecular weight is 425 g/mol. The lowest BCUT2D eigenvalue weighted by molar-refractivity contribution is 0.885. The van der Waals surface area contributed by atoms with E-state index in [2.05, 4.69) is 57.3 Å². The Balaban J connectivity index is 1.39. The number of benzene rings is 3. The SMILES string of the molecule is CN(Cc1ccccc1)c1nc2ccc(-c3ccc(-c4ccc(Cl)cc4)cn3)cc2[nH]1. The fraction of sp³-hybridized carbons (Fsp3) is 0.0769. The van der Waals surface area contributed by atoms with Crippen LogP contribution in [0.5, 0.6) is 0 Å². The fourth-order valence-electron chi connectivity index (χ4n) is 3.65. The van der Waals surface area contributed by atoms with Gasteiger partial charge < -0.3 is 9.88 Å². The number of nitrogens with one attached hydrogen (secondary N) is 1. The molecule has 0 aliphatic heterocycles. The highest BCUT2D eigenvalue weighted by atomic mass is 35.5. The van der Waals surface area contributed by atoms with Gasteiger partial charge in [0, 0.05) is 35.9 Å². The maximum Gasteiger partial charge on any atom is 0.203 e. The summed E-state index contributed by atoms with van der Waals surface area (Å²) in [4.78, 5) is 15.0. The maximum atomic E-state index is 5.99. The molecule has 2 heterocycles. The van der Waals surface area contributed by atoms with Crippen molar-refractivity contribution in [1.29, 1.82) is 0 Å². The van der Waals surface area contributed by atoms with Gasteiger partial charge in [-0.25, -0.2) is 4.98 Å². The van der Waals surface area contributed by atoms with Gasteiger partial charge in [0.2, 0.25) is 5.95 Å². The number of rotatable bonds is 5. The van der Waals surface area contributed by atoms with Gasteiger partial charge >= 0.3 is 0 Å². The average Bonchev–Trinajstić information content (AvgIpc) is 3.24. The number of nitrogens with zero attached hydrogens (tertiary/aromatic N) is 3. The number of fused-ring (bicyclic) bond motifs is 1. The summed E-state index contributed by atoms with van der Waals surface area (Å²) in [5.74, 6) is 0.849. The van der Waals surface area contributed by atoms with Gasteiger partial charge in [-0.2, -0.15) is 0 Å². The Morgan fingerprint density at radius 3 is 2.32 bits per heavy atom. The molecular weight excluding hydrogens is 404 g/mol. The second kappa shape index (κ2) is 8.25. The topological polar surface area (TPSA) is 44.8 Å². The largest absolute Gasteiger partial charge is 0.341 e. The third kappa shape index (κ3) is 4.16. The van der Waals surface area contributed by atoms with Crippen LogP contribution in [-0.4, -0.2) is 22.0 Å². The molecule has 5 rings (SSSR count). The maximum absolute atomic E-state index is 5.99. The van der Waals surface area contributed by atoms with E-state index in [1.54, 1.807) is 0 Å². The molecule has 0 spiro atoms. The Hall–Kier alpha value is -3.63. The second-order valence-corrected chi connectivity index (χ2v) is 8.01. The first-order valence-corrected chi connectivity index (χ1v) is 10.5. The van der Waals surface area contributed by atoms with E-state index in [1.165, 1.54) is 5.56 Å². The Morgan fingerprint density at radius 2 is 1.58 bits per heavy atom. The number of hydrogen-bond acceptors (Lipinski definition) is 3. The number of halogens is 1. The zero-order valence-electron chi connectivity index (χ0n) is 17.1. The van der Waals surface area contributed by atoms with Crippen molar-refractivity contribution >= 4 is 28.6 Å². The zero-order valence-corrected chi connectivity index (χ0v) is 17.8. The van der Waals surface area contributed by atoms with E-state index >= 15 is 0 Å². The number of H-pyrrole nitrogens is 1. The van der Waals surface area contributed by atoms with E-state index in [0.29, 0.717) is 0 Å². The molecule has 0 saturated heterocycles. The van der Waals surface area contributed by atoms with E-state index in [0.717, 1.165) is 50.9 Å². The summed E-state index contributed by atoms with van der Waals surface area (Å²) in [6.07, 6.45) is 1.90. The number of aromatic nitrogens is 3. The molecule has 152 valence electrons. The molecule has 5 aromatic rings. The van der Waals surface area contributed by atoms with Crippen LogP contribution in [-0.2, 0) is 6.54 Å². The first-order valence-electron chi connectivity index (χ1n) is 10.1. The van der Waals surface area contributed by atoms with Crippen LogP contribution in [0.15, 0.2) is 91.1 Å².